The lowest BCUT2D eigenvalue weighted by molar-refractivity contribution is -0.727. The van der Waals surface area contributed by atoms with Gasteiger partial charge in [-0.2, -0.15) is 0 Å². The van der Waals surface area contributed by atoms with Crippen molar-refractivity contribution in [2.45, 2.75) is 38.3 Å². The molecule has 2 rings (SSSR count). The van der Waals surface area contributed by atoms with E-state index in [1.165, 1.54) is 5.56 Å². The summed E-state index contributed by atoms with van der Waals surface area (Å²) in [5.74, 6) is -0.0601. The number of nitrogens with one attached hydrogen (secondary N) is 1. The Morgan fingerprint density at radius 2 is 1.73 bits per heavy atom. The maximum atomic E-state index is 11.6. The first kappa shape index (κ1) is 22.2. The monoisotopic (exact) mass is 376 g/mol. The van der Waals surface area contributed by atoms with Gasteiger partial charge >= 0.3 is 0 Å². The topological polar surface area (TPSA) is 65.9 Å². The fourth-order valence-corrected chi connectivity index (χ4v) is 2.78. The second kappa shape index (κ2) is 10.3. The minimum absolute atomic E-state index is 0. The third-order valence-corrected chi connectivity index (χ3v) is 4.58. The van der Waals surface area contributed by atoms with E-state index in [2.05, 4.69) is 24.5 Å². The van der Waals surface area contributed by atoms with Crippen LogP contribution in [0.5, 0.6) is 0 Å². The number of carbonyl (C=O) groups is 1. The van der Waals surface area contributed by atoms with Crippen LogP contribution in [0.25, 0.3) is 0 Å². The molecule has 0 radical (unpaired) electrons. The lowest BCUT2D eigenvalue weighted by atomic mass is 9.94. The van der Waals surface area contributed by atoms with Gasteiger partial charge in [-0.1, -0.05) is 42.5 Å². The highest BCUT2D eigenvalue weighted by Gasteiger charge is 2.23. The highest BCUT2D eigenvalue weighted by atomic mass is 35.5. The van der Waals surface area contributed by atoms with Crippen LogP contribution in [-0.4, -0.2) is 30.1 Å². The van der Waals surface area contributed by atoms with Gasteiger partial charge in [0.1, 0.15) is 12.6 Å². The fourth-order valence-electron chi connectivity index (χ4n) is 2.78. The molecule has 4 nitrogen and oxygen atoms in total. The number of halogens is 1. The third kappa shape index (κ3) is 6.79. The first-order valence-corrected chi connectivity index (χ1v) is 8.80. The number of amides is 1. The Labute approximate surface area is 162 Å². The minimum Gasteiger partial charge on any atom is -1.00 e. The van der Waals surface area contributed by atoms with Gasteiger partial charge in [0.25, 0.3) is 5.91 Å². The van der Waals surface area contributed by atoms with Gasteiger partial charge in [-0.05, 0) is 43.5 Å². The summed E-state index contributed by atoms with van der Waals surface area (Å²) in [6.07, 6.45) is 1.49. The SMILES string of the molecule is CNC(=O)c1ccc(CCC(C)(C)[NH2+]CC(O)c2ccccc2)cc1.[Cl-]. The van der Waals surface area contributed by atoms with Crippen LogP contribution in [0, 0.1) is 0 Å². The maximum absolute atomic E-state index is 11.6. The molecule has 4 N–H and O–H groups in total. The standard InChI is InChI=1S/C21H28N2O2.ClH/c1-21(2,23-15-19(24)17-7-5-4-6-8-17)14-13-16-9-11-18(12-10-16)20(25)22-3;/h4-12,19,23-24H,13-15H2,1-3H3,(H,22,25);1H. The van der Waals surface area contributed by atoms with E-state index < -0.39 is 6.10 Å². The van der Waals surface area contributed by atoms with E-state index in [-0.39, 0.29) is 23.9 Å². The molecular formula is C21H29ClN2O2. The number of aryl methyl sites for hydroxylation is 1. The molecular weight excluding hydrogens is 348 g/mol. The van der Waals surface area contributed by atoms with E-state index >= 15 is 0 Å². The molecule has 5 heteroatoms. The van der Waals surface area contributed by atoms with Gasteiger partial charge in [0.05, 0.1) is 5.54 Å². The summed E-state index contributed by atoms with van der Waals surface area (Å²) in [5, 5.41) is 15.1. The molecule has 26 heavy (non-hydrogen) atoms. The van der Waals surface area contributed by atoms with Gasteiger partial charge in [-0.25, -0.2) is 0 Å². The van der Waals surface area contributed by atoms with Crippen molar-refractivity contribution in [3.8, 4) is 0 Å². The summed E-state index contributed by atoms with van der Waals surface area (Å²) in [6.45, 7) is 5.04. The average Bonchev–Trinajstić information content (AvgIpc) is 2.65. The Bertz CT molecular complexity index is 672. The van der Waals surface area contributed by atoms with Crippen molar-refractivity contribution in [2.24, 2.45) is 0 Å². The molecule has 0 aromatic heterocycles. The number of aliphatic hydroxyl groups excluding tert-OH is 1. The molecule has 1 unspecified atom stereocenters. The van der Waals surface area contributed by atoms with Crippen LogP contribution in [0.3, 0.4) is 0 Å². The molecule has 1 atom stereocenters. The van der Waals surface area contributed by atoms with Crippen molar-refractivity contribution in [1.82, 2.24) is 5.32 Å². The van der Waals surface area contributed by atoms with Crippen LogP contribution >= 0.6 is 0 Å². The molecule has 0 heterocycles. The Morgan fingerprint density at radius 1 is 1.12 bits per heavy atom. The van der Waals surface area contributed by atoms with Crippen molar-refractivity contribution in [3.63, 3.8) is 0 Å². The van der Waals surface area contributed by atoms with Crippen molar-refractivity contribution in [2.75, 3.05) is 13.6 Å². The number of carbonyl (C=O) groups excluding carboxylic acids is 1. The summed E-state index contributed by atoms with van der Waals surface area (Å²) in [7, 11) is 1.64. The second-order valence-electron chi connectivity index (χ2n) is 7.13. The molecule has 0 spiro atoms. The predicted molar refractivity (Wildman–Crippen MR) is 100 cm³/mol. The number of nitrogens with two attached hydrogens (primary N) is 1. The maximum Gasteiger partial charge on any atom is 0.251 e. The van der Waals surface area contributed by atoms with Crippen molar-refractivity contribution in [1.29, 1.82) is 0 Å². The quantitative estimate of drug-likeness (QED) is 0.556. The Balaban J connectivity index is 0.00000338. The van der Waals surface area contributed by atoms with Crippen LogP contribution in [0.1, 0.15) is 47.9 Å². The number of quaternary nitrogens is 1. The Hall–Kier alpha value is -1.88. The zero-order chi connectivity index (χ0) is 18.3. The van der Waals surface area contributed by atoms with Gasteiger partial charge in [0.15, 0.2) is 0 Å². The summed E-state index contributed by atoms with van der Waals surface area (Å²) < 4.78 is 0. The van der Waals surface area contributed by atoms with Crippen LogP contribution in [0.15, 0.2) is 54.6 Å². The van der Waals surface area contributed by atoms with Gasteiger partial charge < -0.3 is 28.1 Å². The van der Waals surface area contributed by atoms with E-state index in [0.29, 0.717) is 12.1 Å². The summed E-state index contributed by atoms with van der Waals surface area (Å²) in [4.78, 5) is 11.6. The summed E-state index contributed by atoms with van der Waals surface area (Å²) >= 11 is 0. The second-order valence-corrected chi connectivity index (χ2v) is 7.13. The molecule has 2 aromatic rings. The van der Waals surface area contributed by atoms with E-state index in [4.69, 9.17) is 0 Å². The number of rotatable bonds is 8. The third-order valence-electron chi connectivity index (χ3n) is 4.58. The van der Waals surface area contributed by atoms with Crippen LogP contribution in [-0.2, 0) is 6.42 Å². The summed E-state index contributed by atoms with van der Waals surface area (Å²) in [6, 6.07) is 17.5. The molecule has 2 aromatic carbocycles. The molecule has 0 saturated heterocycles. The normalized spacial score (nSPS) is 12.2. The van der Waals surface area contributed by atoms with Gasteiger partial charge in [-0.15, -0.1) is 0 Å². The van der Waals surface area contributed by atoms with E-state index in [1.54, 1.807) is 7.05 Å². The van der Waals surface area contributed by atoms with Crippen molar-refractivity contribution < 1.29 is 27.6 Å². The zero-order valence-corrected chi connectivity index (χ0v) is 16.5. The lowest BCUT2D eigenvalue weighted by Gasteiger charge is -2.24. The van der Waals surface area contributed by atoms with Crippen LogP contribution in [0.2, 0.25) is 0 Å². The van der Waals surface area contributed by atoms with E-state index in [9.17, 15) is 9.90 Å². The van der Waals surface area contributed by atoms with Gasteiger partial charge in [-0.3, -0.25) is 4.79 Å². The Kier molecular flexibility index (Phi) is 8.79. The van der Waals surface area contributed by atoms with Crippen LogP contribution < -0.4 is 23.0 Å². The first-order chi connectivity index (χ1) is 11.9. The molecule has 0 aliphatic rings. The molecule has 0 aliphatic heterocycles. The first-order valence-electron chi connectivity index (χ1n) is 8.80. The number of hydrogen-bond acceptors (Lipinski definition) is 2. The van der Waals surface area contributed by atoms with E-state index in [1.807, 2.05) is 54.6 Å². The molecule has 0 saturated carbocycles. The average molecular weight is 377 g/mol. The lowest BCUT2D eigenvalue weighted by Crippen LogP contribution is -3.00. The Morgan fingerprint density at radius 3 is 2.31 bits per heavy atom. The summed E-state index contributed by atoms with van der Waals surface area (Å²) in [5.41, 5.74) is 2.90. The van der Waals surface area contributed by atoms with Crippen LogP contribution in [0.4, 0.5) is 0 Å². The minimum atomic E-state index is -0.452. The van der Waals surface area contributed by atoms with Gasteiger partial charge in [0, 0.05) is 19.0 Å². The van der Waals surface area contributed by atoms with Crippen molar-refractivity contribution >= 4 is 5.91 Å². The molecule has 0 bridgehead atoms. The number of benzene rings is 2. The molecule has 0 fully saturated rings. The molecule has 0 aliphatic carbocycles. The number of aliphatic hydroxyl groups is 1. The van der Waals surface area contributed by atoms with Gasteiger partial charge in [0.2, 0.25) is 0 Å². The fraction of sp³-hybridized carbons (Fsp3) is 0.381. The molecule has 142 valence electrons. The highest BCUT2D eigenvalue weighted by molar-refractivity contribution is 5.93. The molecule has 1 amide bonds. The largest absolute Gasteiger partial charge is 1.00 e. The number of hydrogen-bond donors (Lipinski definition) is 3. The zero-order valence-electron chi connectivity index (χ0n) is 15.7. The predicted octanol–water partition coefficient (Wildman–Crippen LogP) is -0.942. The van der Waals surface area contributed by atoms with Crippen molar-refractivity contribution in [3.05, 3.63) is 71.3 Å². The smallest absolute Gasteiger partial charge is 0.251 e. The van der Waals surface area contributed by atoms with E-state index in [0.717, 1.165) is 18.4 Å². The highest BCUT2D eigenvalue weighted by Crippen LogP contribution is 2.13.